The van der Waals surface area contributed by atoms with Crippen molar-refractivity contribution in [2.24, 2.45) is 16.7 Å². The normalized spacial score (nSPS) is 14.5. The molecule has 1 rings (SSSR count). The molecule has 3 unspecified atom stereocenters. The third kappa shape index (κ3) is 16.6. The molecule has 32 heavy (non-hydrogen) atoms. The van der Waals surface area contributed by atoms with E-state index in [1.54, 1.807) is 0 Å². The highest BCUT2D eigenvalue weighted by Crippen LogP contribution is 2.43. The lowest BCUT2D eigenvalue weighted by Crippen LogP contribution is -2.24. The van der Waals surface area contributed by atoms with Gasteiger partial charge in [-0.2, -0.15) is 0 Å². The van der Waals surface area contributed by atoms with Crippen LogP contribution in [0.15, 0.2) is 24.3 Å². The molecule has 0 saturated heterocycles. The van der Waals surface area contributed by atoms with Gasteiger partial charge in [0.15, 0.2) is 6.29 Å². The Hall–Kier alpha value is -1.02. The first-order valence-electron chi connectivity index (χ1n) is 13.1. The minimum atomic E-state index is -0.217. The summed E-state index contributed by atoms with van der Waals surface area (Å²) in [6.45, 7) is 30.8. The number of hydrogen-bond acceptors (Lipinski definition) is 2. The lowest BCUT2D eigenvalue weighted by molar-refractivity contribution is -0.110. The summed E-state index contributed by atoms with van der Waals surface area (Å²) in [6, 6.07) is 8.65. The summed E-state index contributed by atoms with van der Waals surface area (Å²) >= 11 is 0. The predicted molar refractivity (Wildman–Crippen MR) is 145 cm³/mol. The SMILES string of the molecule is CC.CC(C)C.CCCC(CC)OC(C)Oc1ccc(C(CC(C)(C)C)C(C)(C)C)cc1. The number of benzene rings is 1. The van der Waals surface area contributed by atoms with E-state index in [1.807, 2.05) is 20.8 Å². The molecule has 190 valence electrons. The molecule has 0 fully saturated rings. The van der Waals surface area contributed by atoms with Gasteiger partial charge in [0.05, 0.1) is 6.10 Å². The third-order valence-electron chi connectivity index (χ3n) is 4.90. The van der Waals surface area contributed by atoms with Gasteiger partial charge in [-0.3, -0.25) is 0 Å². The van der Waals surface area contributed by atoms with Gasteiger partial charge in [0.1, 0.15) is 5.75 Å². The van der Waals surface area contributed by atoms with Gasteiger partial charge in [-0.25, -0.2) is 0 Å². The van der Waals surface area contributed by atoms with Crippen LogP contribution in [0.3, 0.4) is 0 Å². The van der Waals surface area contributed by atoms with Gasteiger partial charge < -0.3 is 9.47 Å². The second kappa shape index (κ2) is 16.6. The van der Waals surface area contributed by atoms with Crippen molar-refractivity contribution in [1.29, 1.82) is 0 Å². The van der Waals surface area contributed by atoms with Crippen LogP contribution in [0.2, 0.25) is 0 Å². The van der Waals surface area contributed by atoms with Crippen molar-refractivity contribution in [3.8, 4) is 5.75 Å². The van der Waals surface area contributed by atoms with E-state index in [2.05, 4.69) is 100 Å². The van der Waals surface area contributed by atoms with Gasteiger partial charge in [-0.1, -0.05) is 109 Å². The van der Waals surface area contributed by atoms with Gasteiger partial charge >= 0.3 is 0 Å². The van der Waals surface area contributed by atoms with Crippen molar-refractivity contribution < 1.29 is 9.47 Å². The molecule has 1 aromatic carbocycles. The third-order valence-corrected chi connectivity index (χ3v) is 4.90. The van der Waals surface area contributed by atoms with Crippen molar-refractivity contribution in [2.45, 2.75) is 141 Å². The average molecular weight is 451 g/mol. The molecule has 0 aliphatic heterocycles. The van der Waals surface area contributed by atoms with E-state index in [0.29, 0.717) is 11.3 Å². The van der Waals surface area contributed by atoms with E-state index in [1.165, 1.54) is 12.0 Å². The second-order valence-electron chi connectivity index (χ2n) is 11.6. The van der Waals surface area contributed by atoms with Crippen LogP contribution in [0.5, 0.6) is 5.75 Å². The standard InChI is InChI=1S/C24H42O2.C4H10.C2H6/c1-10-12-20(11-2)25-18(3)26-21-15-13-19(14-16-21)22(24(7,8)9)17-23(4,5)6;1-4(2)3;1-2/h13-16,18,20,22H,10-12,17H2,1-9H3;4H,1-3H3;1-2H3. The molecule has 0 aromatic heterocycles. The molecule has 0 radical (unpaired) electrons. The van der Waals surface area contributed by atoms with E-state index < -0.39 is 0 Å². The molecule has 2 nitrogen and oxygen atoms in total. The van der Waals surface area contributed by atoms with E-state index in [-0.39, 0.29) is 17.8 Å². The molecule has 0 aliphatic rings. The highest BCUT2D eigenvalue weighted by atomic mass is 16.7. The summed E-state index contributed by atoms with van der Waals surface area (Å²) in [5.74, 6) is 2.25. The first-order chi connectivity index (χ1) is 14.7. The minimum Gasteiger partial charge on any atom is -0.465 e. The maximum absolute atomic E-state index is 6.02. The number of rotatable bonds is 9. The van der Waals surface area contributed by atoms with Crippen LogP contribution in [0.4, 0.5) is 0 Å². The Morgan fingerprint density at radius 1 is 0.812 bits per heavy atom. The quantitative estimate of drug-likeness (QED) is 0.348. The topological polar surface area (TPSA) is 18.5 Å². The zero-order valence-electron chi connectivity index (χ0n) is 24.3. The molecule has 0 N–H and O–H groups in total. The Morgan fingerprint density at radius 3 is 1.62 bits per heavy atom. The van der Waals surface area contributed by atoms with E-state index in [4.69, 9.17) is 9.47 Å². The average Bonchev–Trinajstić information content (AvgIpc) is 2.66. The monoisotopic (exact) mass is 450 g/mol. The molecule has 0 bridgehead atoms. The molecule has 0 heterocycles. The zero-order valence-corrected chi connectivity index (χ0v) is 24.3. The van der Waals surface area contributed by atoms with Crippen LogP contribution < -0.4 is 4.74 Å². The van der Waals surface area contributed by atoms with Crippen molar-refractivity contribution >= 4 is 0 Å². The molecular formula is C30H58O2. The van der Waals surface area contributed by atoms with Crippen LogP contribution in [0.25, 0.3) is 0 Å². The van der Waals surface area contributed by atoms with Crippen LogP contribution in [-0.4, -0.2) is 12.4 Å². The molecule has 2 heteroatoms. The van der Waals surface area contributed by atoms with Gasteiger partial charge in [0.2, 0.25) is 0 Å². The Labute approximate surface area is 202 Å². The van der Waals surface area contributed by atoms with Gasteiger partial charge in [-0.15, -0.1) is 0 Å². The fraction of sp³-hybridized carbons (Fsp3) is 0.800. The van der Waals surface area contributed by atoms with Crippen molar-refractivity contribution in [2.75, 3.05) is 0 Å². The summed E-state index contributed by atoms with van der Waals surface area (Å²) < 4.78 is 12.0. The summed E-state index contributed by atoms with van der Waals surface area (Å²) in [5, 5.41) is 0. The van der Waals surface area contributed by atoms with Gasteiger partial charge in [0.25, 0.3) is 0 Å². The van der Waals surface area contributed by atoms with E-state index in [0.717, 1.165) is 30.9 Å². The number of ether oxygens (including phenoxy) is 2. The first kappa shape index (κ1) is 33.2. The van der Waals surface area contributed by atoms with Crippen LogP contribution >= 0.6 is 0 Å². The zero-order chi connectivity index (χ0) is 25.5. The first-order valence-corrected chi connectivity index (χ1v) is 13.1. The molecule has 1 aromatic rings. The highest BCUT2D eigenvalue weighted by molar-refractivity contribution is 5.30. The summed E-state index contributed by atoms with van der Waals surface area (Å²) in [5.41, 5.74) is 1.94. The Morgan fingerprint density at radius 2 is 1.28 bits per heavy atom. The molecule has 0 amide bonds. The largest absolute Gasteiger partial charge is 0.465 e. The lowest BCUT2D eigenvalue weighted by atomic mass is 9.69. The van der Waals surface area contributed by atoms with Crippen LogP contribution in [0, 0.1) is 16.7 Å². The Kier molecular flexibility index (Phi) is 17.2. The van der Waals surface area contributed by atoms with Crippen molar-refractivity contribution in [3.63, 3.8) is 0 Å². The fourth-order valence-corrected chi connectivity index (χ4v) is 3.50. The van der Waals surface area contributed by atoms with Gasteiger partial charge in [-0.05, 0) is 66.5 Å². The molecular weight excluding hydrogens is 392 g/mol. The molecule has 0 spiro atoms. The predicted octanol–water partition coefficient (Wildman–Crippen LogP) is 10.3. The summed E-state index contributed by atoms with van der Waals surface area (Å²) in [6.07, 6.45) is 4.49. The molecule has 3 atom stereocenters. The maximum Gasteiger partial charge on any atom is 0.197 e. The van der Waals surface area contributed by atoms with E-state index >= 15 is 0 Å². The Balaban J connectivity index is 0. The van der Waals surface area contributed by atoms with Crippen LogP contribution in [0.1, 0.15) is 134 Å². The van der Waals surface area contributed by atoms with Crippen molar-refractivity contribution in [3.05, 3.63) is 29.8 Å². The summed E-state index contributed by atoms with van der Waals surface area (Å²) in [4.78, 5) is 0. The Bertz CT molecular complexity index is 543. The maximum atomic E-state index is 6.02. The fourth-order valence-electron chi connectivity index (χ4n) is 3.50. The molecule has 0 aliphatic carbocycles. The summed E-state index contributed by atoms with van der Waals surface area (Å²) in [7, 11) is 0. The lowest BCUT2D eigenvalue weighted by Gasteiger charge is -2.36. The van der Waals surface area contributed by atoms with E-state index in [9.17, 15) is 0 Å². The smallest absolute Gasteiger partial charge is 0.197 e. The van der Waals surface area contributed by atoms with Crippen molar-refractivity contribution in [1.82, 2.24) is 0 Å². The minimum absolute atomic E-state index is 0.217. The number of hydrogen-bond donors (Lipinski definition) is 0. The molecule has 0 saturated carbocycles. The second-order valence-corrected chi connectivity index (χ2v) is 11.6. The van der Waals surface area contributed by atoms with Crippen LogP contribution in [-0.2, 0) is 4.74 Å². The highest BCUT2D eigenvalue weighted by Gasteiger charge is 2.30. The van der Waals surface area contributed by atoms with Gasteiger partial charge in [0, 0.05) is 0 Å².